The van der Waals surface area contributed by atoms with Gasteiger partial charge in [-0.1, -0.05) is 6.92 Å². The van der Waals surface area contributed by atoms with Crippen molar-refractivity contribution in [2.45, 2.75) is 32.9 Å². The molecule has 1 aliphatic heterocycles. The van der Waals surface area contributed by atoms with E-state index in [9.17, 15) is 4.79 Å². The van der Waals surface area contributed by atoms with Crippen molar-refractivity contribution in [3.63, 3.8) is 0 Å². The van der Waals surface area contributed by atoms with Crippen LogP contribution in [-0.4, -0.2) is 42.1 Å². The highest BCUT2D eigenvalue weighted by molar-refractivity contribution is 7.17. The second-order valence-corrected chi connectivity index (χ2v) is 7.16. The molecule has 0 saturated carbocycles. The summed E-state index contributed by atoms with van der Waals surface area (Å²) >= 11 is 1.33. The molecule has 0 bridgehead atoms. The van der Waals surface area contributed by atoms with Crippen molar-refractivity contribution in [2.24, 2.45) is 0 Å². The van der Waals surface area contributed by atoms with Crippen LogP contribution in [0.5, 0.6) is 0 Å². The van der Waals surface area contributed by atoms with E-state index in [0.29, 0.717) is 47.5 Å². The van der Waals surface area contributed by atoms with Crippen molar-refractivity contribution in [3.05, 3.63) is 46.5 Å². The van der Waals surface area contributed by atoms with E-state index in [-0.39, 0.29) is 5.91 Å². The third kappa shape index (κ3) is 3.31. The largest absolute Gasteiger partial charge is 0.332 e. The fourth-order valence-electron chi connectivity index (χ4n) is 3.10. The van der Waals surface area contributed by atoms with Gasteiger partial charge in [-0.15, -0.1) is 11.3 Å². The van der Waals surface area contributed by atoms with E-state index in [4.69, 9.17) is 5.26 Å². The van der Waals surface area contributed by atoms with E-state index < -0.39 is 0 Å². The molecule has 8 nitrogen and oxygen atoms in total. The summed E-state index contributed by atoms with van der Waals surface area (Å²) in [5.41, 5.74) is 2.03. The summed E-state index contributed by atoms with van der Waals surface area (Å²) in [7, 11) is 0. The minimum atomic E-state index is -0.0420. The van der Waals surface area contributed by atoms with Crippen LogP contribution in [0.4, 0.5) is 0 Å². The van der Waals surface area contributed by atoms with Gasteiger partial charge in [0, 0.05) is 25.5 Å². The summed E-state index contributed by atoms with van der Waals surface area (Å²) in [6, 6.07) is 5.56. The standard InChI is InChI=1S/C18H17N7OS/c1-2-14-15(27-17(22-14)16-20-5-3-6-21-16)18(26)24-7-4-8-25-13(11-24)9-12(10-19)23-25/h3,5-6,9H,2,4,7-8,11H2,1H3. The van der Waals surface area contributed by atoms with Gasteiger partial charge < -0.3 is 4.90 Å². The number of fused-ring (bicyclic) bond motifs is 1. The van der Waals surface area contributed by atoms with E-state index in [0.717, 1.165) is 17.8 Å². The van der Waals surface area contributed by atoms with E-state index in [2.05, 4.69) is 26.1 Å². The molecule has 9 heteroatoms. The van der Waals surface area contributed by atoms with Crippen LogP contribution in [0.2, 0.25) is 0 Å². The second kappa shape index (κ2) is 7.25. The number of hydrogen-bond acceptors (Lipinski definition) is 7. The topological polar surface area (TPSA) is 101 Å². The van der Waals surface area contributed by atoms with Gasteiger partial charge >= 0.3 is 0 Å². The fraction of sp³-hybridized carbons (Fsp3) is 0.333. The van der Waals surface area contributed by atoms with Crippen LogP contribution < -0.4 is 0 Å². The lowest BCUT2D eigenvalue weighted by atomic mass is 10.2. The van der Waals surface area contributed by atoms with Crippen LogP contribution in [0.1, 0.15) is 40.1 Å². The highest BCUT2D eigenvalue weighted by Crippen LogP contribution is 2.28. The van der Waals surface area contributed by atoms with Crippen molar-refractivity contribution >= 4 is 17.2 Å². The van der Waals surface area contributed by atoms with E-state index in [1.165, 1.54) is 11.3 Å². The van der Waals surface area contributed by atoms with Gasteiger partial charge in [0.15, 0.2) is 16.5 Å². The fourth-order valence-corrected chi connectivity index (χ4v) is 4.17. The Morgan fingerprint density at radius 2 is 2.15 bits per heavy atom. The Hall–Kier alpha value is -3.12. The molecule has 0 unspecified atom stereocenters. The van der Waals surface area contributed by atoms with Gasteiger partial charge in [0.2, 0.25) is 0 Å². The predicted octanol–water partition coefficient (Wildman–Crippen LogP) is 2.28. The zero-order chi connectivity index (χ0) is 18.8. The van der Waals surface area contributed by atoms with Gasteiger partial charge in [-0.2, -0.15) is 10.4 Å². The van der Waals surface area contributed by atoms with Crippen LogP contribution in [-0.2, 0) is 19.5 Å². The highest BCUT2D eigenvalue weighted by atomic mass is 32.1. The van der Waals surface area contributed by atoms with Crippen LogP contribution in [0.15, 0.2) is 24.5 Å². The molecule has 4 rings (SSSR count). The number of aryl methyl sites for hydroxylation is 2. The summed E-state index contributed by atoms with van der Waals surface area (Å²) in [4.78, 5) is 28.7. The molecule has 0 spiro atoms. The molecule has 1 amide bonds. The van der Waals surface area contributed by atoms with Crippen LogP contribution in [0.3, 0.4) is 0 Å². The van der Waals surface area contributed by atoms with Gasteiger partial charge in [0.05, 0.1) is 17.9 Å². The molecule has 0 saturated heterocycles. The van der Waals surface area contributed by atoms with Gasteiger partial charge in [-0.3, -0.25) is 9.48 Å². The zero-order valence-electron chi connectivity index (χ0n) is 14.8. The van der Waals surface area contributed by atoms with Crippen molar-refractivity contribution < 1.29 is 4.79 Å². The molecule has 0 aromatic carbocycles. The molecule has 0 atom stereocenters. The summed E-state index contributed by atoms with van der Waals surface area (Å²) in [6.07, 6.45) is 4.79. The Balaban J connectivity index is 1.64. The van der Waals surface area contributed by atoms with Gasteiger partial charge in [0.25, 0.3) is 5.91 Å². The molecule has 1 aliphatic rings. The Kier molecular flexibility index (Phi) is 4.64. The first-order chi connectivity index (χ1) is 13.2. The van der Waals surface area contributed by atoms with Crippen molar-refractivity contribution in [1.82, 2.24) is 29.6 Å². The molecule has 0 fully saturated rings. The SMILES string of the molecule is CCc1nc(-c2ncccn2)sc1C(=O)N1CCCn2nc(C#N)cc2C1. The van der Waals surface area contributed by atoms with Crippen LogP contribution >= 0.6 is 11.3 Å². The Morgan fingerprint density at radius 3 is 2.89 bits per heavy atom. The second-order valence-electron chi connectivity index (χ2n) is 6.16. The number of rotatable bonds is 3. The maximum absolute atomic E-state index is 13.2. The van der Waals surface area contributed by atoms with Gasteiger partial charge in [-0.05, 0) is 25.0 Å². The highest BCUT2D eigenvalue weighted by Gasteiger charge is 2.26. The van der Waals surface area contributed by atoms with Crippen molar-refractivity contribution in [2.75, 3.05) is 6.54 Å². The van der Waals surface area contributed by atoms with E-state index in [1.54, 1.807) is 24.5 Å². The minimum absolute atomic E-state index is 0.0420. The molecule has 0 radical (unpaired) electrons. The third-order valence-electron chi connectivity index (χ3n) is 4.40. The monoisotopic (exact) mass is 379 g/mol. The van der Waals surface area contributed by atoms with Gasteiger partial charge in [-0.25, -0.2) is 15.0 Å². The lowest BCUT2D eigenvalue weighted by Gasteiger charge is -2.19. The summed E-state index contributed by atoms with van der Waals surface area (Å²) < 4.78 is 1.82. The maximum atomic E-state index is 13.2. The summed E-state index contributed by atoms with van der Waals surface area (Å²) in [5.74, 6) is 0.489. The Labute approximate surface area is 160 Å². The lowest BCUT2D eigenvalue weighted by Crippen LogP contribution is -2.30. The maximum Gasteiger partial charge on any atom is 0.266 e. The number of amides is 1. The first-order valence-corrected chi connectivity index (χ1v) is 9.54. The molecule has 136 valence electrons. The van der Waals surface area contributed by atoms with E-state index in [1.807, 2.05) is 16.5 Å². The number of aromatic nitrogens is 5. The van der Waals surface area contributed by atoms with Crippen LogP contribution in [0, 0.1) is 11.3 Å². The zero-order valence-corrected chi connectivity index (χ0v) is 15.6. The number of hydrogen-bond donors (Lipinski definition) is 0. The molecule has 27 heavy (non-hydrogen) atoms. The first-order valence-electron chi connectivity index (χ1n) is 8.72. The molecule has 4 heterocycles. The number of thiazole rings is 1. The summed E-state index contributed by atoms with van der Waals surface area (Å²) in [5, 5.41) is 14.0. The third-order valence-corrected chi connectivity index (χ3v) is 5.48. The molecular weight excluding hydrogens is 362 g/mol. The Bertz CT molecular complexity index is 1020. The van der Waals surface area contributed by atoms with Gasteiger partial charge in [0.1, 0.15) is 10.9 Å². The van der Waals surface area contributed by atoms with Crippen molar-refractivity contribution in [3.8, 4) is 16.9 Å². The Morgan fingerprint density at radius 1 is 1.33 bits per heavy atom. The number of carbonyl (C=O) groups excluding carboxylic acids is 1. The first kappa shape index (κ1) is 17.3. The molecule has 0 N–H and O–H groups in total. The quantitative estimate of drug-likeness (QED) is 0.692. The molecule has 3 aromatic rings. The number of nitrogens with zero attached hydrogens (tertiary/aromatic N) is 7. The minimum Gasteiger partial charge on any atom is -0.332 e. The summed E-state index contributed by atoms with van der Waals surface area (Å²) in [6.45, 7) is 3.76. The normalized spacial score (nSPS) is 13.7. The molecule has 3 aromatic heterocycles. The van der Waals surface area contributed by atoms with Crippen molar-refractivity contribution in [1.29, 1.82) is 5.26 Å². The number of carbonyl (C=O) groups is 1. The predicted molar refractivity (Wildman–Crippen MR) is 98.8 cm³/mol. The smallest absolute Gasteiger partial charge is 0.266 e. The van der Waals surface area contributed by atoms with E-state index >= 15 is 0 Å². The molecular formula is C18H17N7OS. The average Bonchev–Trinajstić information content (AvgIpc) is 3.26. The lowest BCUT2D eigenvalue weighted by molar-refractivity contribution is 0.0749. The average molecular weight is 379 g/mol. The molecule has 0 aliphatic carbocycles. The number of nitriles is 1. The van der Waals surface area contributed by atoms with Crippen LogP contribution in [0.25, 0.3) is 10.8 Å².